The fourth-order valence-corrected chi connectivity index (χ4v) is 2.13. The number of aliphatic carboxylic acids is 1. The highest BCUT2D eigenvalue weighted by atomic mass is 79.9. The molecule has 2 N–H and O–H groups in total. The first-order valence-electron chi connectivity index (χ1n) is 6.46. The summed E-state index contributed by atoms with van der Waals surface area (Å²) in [6.07, 6.45) is 0. The van der Waals surface area contributed by atoms with Crippen LogP contribution < -0.4 is 5.32 Å². The first-order chi connectivity index (χ1) is 9.79. The number of nitrogens with zero attached hydrogens (tertiary/aromatic N) is 1. The van der Waals surface area contributed by atoms with E-state index < -0.39 is 18.4 Å². The van der Waals surface area contributed by atoms with Crippen LogP contribution in [0.25, 0.3) is 0 Å². The summed E-state index contributed by atoms with van der Waals surface area (Å²) in [5.74, 6) is -1.84. The number of carboxylic acids is 1. The number of benzene rings is 1. The number of amides is 1. The van der Waals surface area contributed by atoms with Crippen LogP contribution in [0.2, 0.25) is 0 Å². The first-order valence-corrected chi connectivity index (χ1v) is 7.25. The van der Waals surface area contributed by atoms with E-state index in [1.165, 1.54) is 6.07 Å². The molecule has 5 nitrogen and oxygen atoms in total. The second-order valence-electron chi connectivity index (χ2n) is 4.90. The van der Waals surface area contributed by atoms with E-state index in [1.54, 1.807) is 17.0 Å². The smallest absolute Gasteiger partial charge is 0.322 e. The molecule has 0 heterocycles. The number of halogens is 2. The number of rotatable bonds is 7. The third-order valence-corrected chi connectivity index (χ3v) is 3.39. The number of carbonyl (C=O) groups excluding carboxylic acids is 1. The molecular formula is C14H18BrFN2O3. The summed E-state index contributed by atoms with van der Waals surface area (Å²) in [6, 6.07) is 4.65. The maximum Gasteiger partial charge on any atom is 0.322 e. The summed E-state index contributed by atoms with van der Waals surface area (Å²) in [4.78, 5) is 23.9. The monoisotopic (exact) mass is 360 g/mol. The first kappa shape index (κ1) is 17.6. The molecule has 0 aromatic heterocycles. The molecule has 0 saturated heterocycles. The second kappa shape index (κ2) is 8.09. The van der Waals surface area contributed by atoms with Gasteiger partial charge in [0.25, 0.3) is 0 Å². The van der Waals surface area contributed by atoms with Crippen molar-refractivity contribution in [3.8, 4) is 0 Å². The lowest BCUT2D eigenvalue weighted by molar-refractivity contribution is -0.138. The number of carboxylic acid groups (broad SMARTS) is 1. The van der Waals surface area contributed by atoms with Crippen LogP contribution in [0.4, 0.5) is 4.39 Å². The summed E-state index contributed by atoms with van der Waals surface area (Å²) in [5, 5.41) is 10.8. The third kappa shape index (κ3) is 6.22. The summed E-state index contributed by atoms with van der Waals surface area (Å²) in [5.41, 5.74) is 0.476. The van der Waals surface area contributed by atoms with Crippen molar-refractivity contribution in [3.63, 3.8) is 0 Å². The largest absolute Gasteiger partial charge is 0.480 e. The standard InChI is InChI=1S/C14H18BrFN2O3/c1-9(2)18(8-13(19)17-6-14(20)21)7-10-5-11(15)3-4-12(10)16/h3-5,9H,6-8H2,1-2H3,(H,17,19)(H,20,21). The van der Waals surface area contributed by atoms with E-state index in [-0.39, 0.29) is 24.9 Å². The third-order valence-electron chi connectivity index (χ3n) is 2.89. The van der Waals surface area contributed by atoms with Gasteiger partial charge in [0.2, 0.25) is 5.91 Å². The summed E-state index contributed by atoms with van der Waals surface area (Å²) in [7, 11) is 0. The van der Waals surface area contributed by atoms with E-state index in [9.17, 15) is 14.0 Å². The van der Waals surface area contributed by atoms with E-state index in [1.807, 2.05) is 13.8 Å². The van der Waals surface area contributed by atoms with Crippen molar-refractivity contribution in [1.29, 1.82) is 0 Å². The molecule has 0 saturated carbocycles. The van der Waals surface area contributed by atoms with E-state index >= 15 is 0 Å². The van der Waals surface area contributed by atoms with Gasteiger partial charge in [-0.1, -0.05) is 15.9 Å². The molecule has 7 heteroatoms. The summed E-state index contributed by atoms with van der Waals surface area (Å²) < 4.78 is 14.5. The van der Waals surface area contributed by atoms with Gasteiger partial charge in [-0.05, 0) is 32.0 Å². The number of nitrogens with one attached hydrogen (secondary N) is 1. The van der Waals surface area contributed by atoms with Crippen LogP contribution in [-0.2, 0) is 16.1 Å². The Labute approximate surface area is 131 Å². The van der Waals surface area contributed by atoms with Crippen molar-refractivity contribution in [2.24, 2.45) is 0 Å². The van der Waals surface area contributed by atoms with Gasteiger partial charge in [0.1, 0.15) is 12.4 Å². The average Bonchev–Trinajstić information content (AvgIpc) is 2.39. The molecule has 1 amide bonds. The summed E-state index contributed by atoms with van der Waals surface area (Å²) >= 11 is 3.29. The Morgan fingerprint density at radius 1 is 1.43 bits per heavy atom. The van der Waals surface area contributed by atoms with Crippen LogP contribution in [0.3, 0.4) is 0 Å². The van der Waals surface area contributed by atoms with Gasteiger partial charge in [-0.15, -0.1) is 0 Å². The second-order valence-corrected chi connectivity index (χ2v) is 5.82. The molecule has 0 aliphatic heterocycles. The van der Waals surface area contributed by atoms with Gasteiger partial charge in [0, 0.05) is 22.6 Å². The van der Waals surface area contributed by atoms with Crippen molar-refractivity contribution in [3.05, 3.63) is 34.1 Å². The fraction of sp³-hybridized carbons (Fsp3) is 0.429. The zero-order valence-electron chi connectivity index (χ0n) is 11.9. The van der Waals surface area contributed by atoms with Crippen molar-refractivity contribution >= 4 is 27.8 Å². The molecule has 1 aromatic rings. The van der Waals surface area contributed by atoms with E-state index in [0.717, 1.165) is 4.47 Å². The molecule has 1 aromatic carbocycles. The SMILES string of the molecule is CC(C)N(CC(=O)NCC(=O)O)Cc1cc(Br)ccc1F. The molecule has 21 heavy (non-hydrogen) atoms. The maximum atomic E-state index is 13.8. The Morgan fingerprint density at radius 2 is 2.10 bits per heavy atom. The van der Waals surface area contributed by atoms with Crippen LogP contribution in [0, 0.1) is 5.82 Å². The highest BCUT2D eigenvalue weighted by Crippen LogP contribution is 2.18. The molecule has 0 bridgehead atoms. The van der Waals surface area contributed by atoms with Crippen molar-refractivity contribution in [2.75, 3.05) is 13.1 Å². The molecular weight excluding hydrogens is 343 g/mol. The molecule has 0 aliphatic rings. The Morgan fingerprint density at radius 3 is 2.67 bits per heavy atom. The van der Waals surface area contributed by atoms with E-state index in [0.29, 0.717) is 5.56 Å². The quantitative estimate of drug-likeness (QED) is 0.780. The molecule has 116 valence electrons. The van der Waals surface area contributed by atoms with Crippen molar-refractivity contribution in [1.82, 2.24) is 10.2 Å². The van der Waals surface area contributed by atoms with Gasteiger partial charge in [0.05, 0.1) is 6.54 Å². The predicted octanol–water partition coefficient (Wildman–Crippen LogP) is 2.00. The normalized spacial score (nSPS) is 11.0. The van der Waals surface area contributed by atoms with E-state index in [2.05, 4.69) is 21.2 Å². The zero-order valence-corrected chi connectivity index (χ0v) is 13.5. The van der Waals surface area contributed by atoms with Gasteiger partial charge < -0.3 is 10.4 Å². The van der Waals surface area contributed by atoms with Gasteiger partial charge in [-0.3, -0.25) is 14.5 Å². The molecule has 0 radical (unpaired) electrons. The minimum Gasteiger partial charge on any atom is -0.480 e. The lowest BCUT2D eigenvalue weighted by Crippen LogP contribution is -2.41. The Bertz CT molecular complexity index is 523. The van der Waals surface area contributed by atoms with Crippen LogP contribution in [0.1, 0.15) is 19.4 Å². The van der Waals surface area contributed by atoms with Crippen molar-refractivity contribution in [2.45, 2.75) is 26.4 Å². The van der Waals surface area contributed by atoms with Crippen LogP contribution in [-0.4, -0.2) is 41.0 Å². The highest BCUT2D eigenvalue weighted by molar-refractivity contribution is 9.10. The van der Waals surface area contributed by atoms with Gasteiger partial charge in [-0.25, -0.2) is 4.39 Å². The molecule has 0 spiro atoms. The van der Waals surface area contributed by atoms with Crippen LogP contribution in [0.5, 0.6) is 0 Å². The zero-order chi connectivity index (χ0) is 16.0. The average molecular weight is 361 g/mol. The van der Waals surface area contributed by atoms with Crippen LogP contribution >= 0.6 is 15.9 Å². The number of hydrogen-bond donors (Lipinski definition) is 2. The molecule has 0 atom stereocenters. The maximum absolute atomic E-state index is 13.8. The minimum atomic E-state index is -1.10. The van der Waals surface area contributed by atoms with Gasteiger partial charge in [-0.2, -0.15) is 0 Å². The Balaban J connectivity index is 2.71. The van der Waals surface area contributed by atoms with E-state index in [4.69, 9.17) is 5.11 Å². The van der Waals surface area contributed by atoms with Crippen LogP contribution in [0.15, 0.2) is 22.7 Å². The summed E-state index contributed by atoms with van der Waals surface area (Å²) in [6.45, 7) is 3.64. The fourth-order valence-electron chi connectivity index (χ4n) is 1.72. The topological polar surface area (TPSA) is 69.6 Å². The molecule has 0 unspecified atom stereocenters. The Hall–Kier alpha value is -1.47. The van der Waals surface area contributed by atoms with Gasteiger partial charge in [0.15, 0.2) is 0 Å². The Kier molecular flexibility index (Phi) is 6.77. The minimum absolute atomic E-state index is 0.0108. The highest BCUT2D eigenvalue weighted by Gasteiger charge is 2.17. The number of hydrogen-bond acceptors (Lipinski definition) is 3. The number of carbonyl (C=O) groups is 2. The molecule has 0 fully saturated rings. The van der Waals surface area contributed by atoms with Gasteiger partial charge >= 0.3 is 5.97 Å². The lowest BCUT2D eigenvalue weighted by Gasteiger charge is -2.26. The van der Waals surface area contributed by atoms with Crippen molar-refractivity contribution < 1.29 is 19.1 Å². The molecule has 1 rings (SSSR count). The predicted molar refractivity (Wildman–Crippen MR) is 80.3 cm³/mol. The lowest BCUT2D eigenvalue weighted by atomic mass is 10.1. The molecule has 0 aliphatic carbocycles.